The van der Waals surface area contributed by atoms with E-state index in [2.05, 4.69) is 0 Å². The number of rotatable bonds is 8. The molecule has 1 heterocycles. The molecule has 0 aliphatic carbocycles. The Morgan fingerprint density at radius 3 is 2.46 bits per heavy atom. The molecule has 5 nitrogen and oxygen atoms in total. The van der Waals surface area contributed by atoms with Crippen molar-refractivity contribution in [3.8, 4) is 11.5 Å². The molecule has 3 aromatic rings. The van der Waals surface area contributed by atoms with Crippen LogP contribution in [0.3, 0.4) is 0 Å². The molecule has 1 saturated heterocycles. The number of hydrogen-bond donors (Lipinski definition) is 0. The van der Waals surface area contributed by atoms with E-state index < -0.39 is 0 Å². The van der Waals surface area contributed by atoms with Crippen LogP contribution in [0.5, 0.6) is 11.5 Å². The van der Waals surface area contributed by atoms with Crippen LogP contribution in [0.4, 0.5) is 4.79 Å². The molecule has 2 amide bonds. The van der Waals surface area contributed by atoms with Crippen molar-refractivity contribution in [3.63, 3.8) is 0 Å². The Hall–Kier alpha value is -3.22. The number of carbonyl (C=O) groups is 2. The smallest absolute Gasteiger partial charge is 0.293 e. The summed E-state index contributed by atoms with van der Waals surface area (Å²) in [5.41, 5.74) is 4.85. The van der Waals surface area contributed by atoms with E-state index in [4.69, 9.17) is 21.1 Å². The zero-order valence-electron chi connectivity index (χ0n) is 19.8. The second-order valence-electron chi connectivity index (χ2n) is 8.23. The molecular formula is C28H26ClNO4S. The molecule has 0 radical (unpaired) electrons. The van der Waals surface area contributed by atoms with Gasteiger partial charge in [0.05, 0.1) is 23.1 Å². The minimum atomic E-state index is -0.325. The number of thioether (sulfide) groups is 1. The van der Waals surface area contributed by atoms with E-state index in [1.807, 2.05) is 69.3 Å². The molecule has 0 bridgehead atoms. The molecule has 1 fully saturated rings. The Morgan fingerprint density at radius 2 is 1.74 bits per heavy atom. The maximum absolute atomic E-state index is 13.0. The first-order chi connectivity index (χ1) is 16.9. The number of nitrogens with zero attached hydrogens (tertiary/aromatic N) is 1. The Labute approximate surface area is 214 Å². The van der Waals surface area contributed by atoms with Crippen LogP contribution < -0.4 is 9.47 Å². The van der Waals surface area contributed by atoms with Gasteiger partial charge in [-0.25, -0.2) is 0 Å². The maximum Gasteiger partial charge on any atom is 0.293 e. The van der Waals surface area contributed by atoms with Crippen LogP contribution in [-0.4, -0.2) is 22.7 Å². The SMILES string of the molecule is CCOc1cc(/C=C2\SC(=O)N(Cc3ccc(C)cc3)C2=O)cc(Cl)c1OCc1ccccc1C. The van der Waals surface area contributed by atoms with Crippen LogP contribution in [-0.2, 0) is 17.9 Å². The van der Waals surface area contributed by atoms with E-state index in [0.717, 1.165) is 34.0 Å². The van der Waals surface area contributed by atoms with E-state index in [1.54, 1.807) is 18.2 Å². The third-order valence-corrected chi connectivity index (χ3v) is 6.79. The van der Waals surface area contributed by atoms with E-state index in [9.17, 15) is 9.59 Å². The topological polar surface area (TPSA) is 55.8 Å². The number of amides is 2. The molecular weight excluding hydrogens is 482 g/mol. The zero-order chi connectivity index (χ0) is 24.9. The van der Waals surface area contributed by atoms with Crippen LogP contribution in [0.1, 0.15) is 34.7 Å². The average Bonchev–Trinajstić information content (AvgIpc) is 3.08. The summed E-state index contributed by atoms with van der Waals surface area (Å²) in [6.07, 6.45) is 1.67. The molecule has 0 N–H and O–H groups in total. The largest absolute Gasteiger partial charge is 0.490 e. The summed E-state index contributed by atoms with van der Waals surface area (Å²) < 4.78 is 11.8. The number of hydrogen-bond acceptors (Lipinski definition) is 5. The Balaban J connectivity index is 1.55. The normalized spacial score (nSPS) is 14.6. The van der Waals surface area contributed by atoms with Crippen molar-refractivity contribution in [1.29, 1.82) is 0 Å². The fraction of sp³-hybridized carbons (Fsp3) is 0.214. The van der Waals surface area contributed by atoms with Crippen molar-refractivity contribution < 1.29 is 19.1 Å². The molecule has 0 spiro atoms. The number of benzene rings is 3. The van der Waals surface area contributed by atoms with Gasteiger partial charge in [0.15, 0.2) is 11.5 Å². The van der Waals surface area contributed by atoms with E-state index >= 15 is 0 Å². The molecule has 0 saturated carbocycles. The standard InChI is InChI=1S/C28H26ClNO4S/c1-4-33-24-14-21(13-23(29)26(24)34-17-22-8-6-5-7-19(22)3)15-25-27(31)30(28(32)35-25)16-20-11-9-18(2)10-12-20/h5-15H,4,16-17H2,1-3H3/b25-15-. The van der Waals surface area contributed by atoms with Gasteiger partial charge in [-0.3, -0.25) is 14.5 Å². The molecule has 7 heteroatoms. The minimum absolute atomic E-state index is 0.235. The molecule has 0 aromatic heterocycles. The summed E-state index contributed by atoms with van der Waals surface area (Å²) in [6.45, 7) is 6.91. The Kier molecular flexibility index (Phi) is 7.83. The predicted octanol–water partition coefficient (Wildman–Crippen LogP) is 7.17. The van der Waals surface area contributed by atoms with Crippen molar-refractivity contribution in [2.45, 2.75) is 33.9 Å². The van der Waals surface area contributed by atoms with Crippen LogP contribution in [0.2, 0.25) is 5.02 Å². The van der Waals surface area contributed by atoms with E-state index in [1.165, 1.54) is 4.90 Å². The number of carbonyl (C=O) groups excluding carboxylic acids is 2. The highest BCUT2D eigenvalue weighted by Crippen LogP contribution is 2.40. The van der Waals surface area contributed by atoms with Gasteiger partial charge >= 0.3 is 0 Å². The van der Waals surface area contributed by atoms with Gasteiger partial charge in [0.2, 0.25) is 0 Å². The Bertz CT molecular complexity index is 1290. The van der Waals surface area contributed by atoms with Crippen molar-refractivity contribution in [1.82, 2.24) is 4.90 Å². The van der Waals surface area contributed by atoms with Gasteiger partial charge in [-0.1, -0.05) is 65.7 Å². The summed E-state index contributed by atoms with van der Waals surface area (Å²) >= 11 is 7.49. The van der Waals surface area contributed by atoms with Gasteiger partial charge in [-0.05, 0) is 73.0 Å². The van der Waals surface area contributed by atoms with Gasteiger partial charge < -0.3 is 9.47 Å². The van der Waals surface area contributed by atoms with Crippen LogP contribution in [0.15, 0.2) is 65.6 Å². The highest BCUT2D eigenvalue weighted by molar-refractivity contribution is 8.18. The number of ether oxygens (including phenoxy) is 2. The molecule has 35 heavy (non-hydrogen) atoms. The van der Waals surface area contributed by atoms with Crippen molar-refractivity contribution >= 4 is 40.6 Å². The minimum Gasteiger partial charge on any atom is -0.490 e. The number of aryl methyl sites for hydroxylation is 2. The molecule has 0 atom stereocenters. The fourth-order valence-electron chi connectivity index (χ4n) is 3.66. The third-order valence-electron chi connectivity index (χ3n) is 5.60. The summed E-state index contributed by atoms with van der Waals surface area (Å²) in [4.78, 5) is 27.1. The van der Waals surface area contributed by atoms with Gasteiger partial charge in [-0.15, -0.1) is 0 Å². The van der Waals surface area contributed by atoms with E-state index in [0.29, 0.717) is 40.2 Å². The van der Waals surface area contributed by atoms with Gasteiger partial charge in [-0.2, -0.15) is 0 Å². The first-order valence-electron chi connectivity index (χ1n) is 11.3. The summed E-state index contributed by atoms with van der Waals surface area (Å²) in [5, 5.41) is 0.0748. The number of imide groups is 1. The first-order valence-corrected chi connectivity index (χ1v) is 12.5. The highest BCUT2D eigenvalue weighted by Gasteiger charge is 2.35. The Morgan fingerprint density at radius 1 is 1.00 bits per heavy atom. The summed E-state index contributed by atoms with van der Waals surface area (Å²) in [5.74, 6) is 0.606. The lowest BCUT2D eigenvalue weighted by molar-refractivity contribution is -0.123. The molecule has 1 aliphatic heterocycles. The average molecular weight is 508 g/mol. The van der Waals surface area contributed by atoms with E-state index in [-0.39, 0.29) is 17.7 Å². The van der Waals surface area contributed by atoms with Gasteiger partial charge in [0.25, 0.3) is 11.1 Å². The molecule has 180 valence electrons. The second kappa shape index (κ2) is 11.0. The molecule has 4 rings (SSSR count). The van der Waals surface area contributed by atoms with Crippen LogP contribution >= 0.6 is 23.4 Å². The molecule has 0 unspecified atom stereocenters. The maximum atomic E-state index is 13.0. The number of halogens is 1. The summed E-state index contributed by atoms with van der Waals surface area (Å²) in [7, 11) is 0. The second-order valence-corrected chi connectivity index (χ2v) is 9.63. The lowest BCUT2D eigenvalue weighted by Crippen LogP contribution is -2.27. The van der Waals surface area contributed by atoms with Crippen molar-refractivity contribution in [2.24, 2.45) is 0 Å². The van der Waals surface area contributed by atoms with Crippen LogP contribution in [0, 0.1) is 13.8 Å². The highest BCUT2D eigenvalue weighted by atomic mass is 35.5. The quantitative estimate of drug-likeness (QED) is 0.302. The molecule has 3 aromatic carbocycles. The monoisotopic (exact) mass is 507 g/mol. The predicted molar refractivity (Wildman–Crippen MR) is 141 cm³/mol. The lowest BCUT2D eigenvalue weighted by Gasteiger charge is -2.15. The lowest BCUT2D eigenvalue weighted by atomic mass is 10.1. The van der Waals surface area contributed by atoms with Crippen molar-refractivity contribution in [3.05, 3.63) is 98.4 Å². The van der Waals surface area contributed by atoms with Crippen LogP contribution in [0.25, 0.3) is 6.08 Å². The first kappa shape index (κ1) is 24.9. The zero-order valence-corrected chi connectivity index (χ0v) is 21.4. The van der Waals surface area contributed by atoms with Gasteiger partial charge in [0, 0.05) is 0 Å². The fourth-order valence-corrected chi connectivity index (χ4v) is 4.77. The van der Waals surface area contributed by atoms with Crippen molar-refractivity contribution in [2.75, 3.05) is 6.61 Å². The van der Waals surface area contributed by atoms with Gasteiger partial charge in [0.1, 0.15) is 6.61 Å². The summed E-state index contributed by atoms with van der Waals surface area (Å²) in [6, 6.07) is 19.2. The third kappa shape index (κ3) is 5.89. The molecule has 1 aliphatic rings.